The summed E-state index contributed by atoms with van der Waals surface area (Å²) >= 11 is 0. The van der Waals surface area contributed by atoms with Crippen molar-refractivity contribution in [2.24, 2.45) is 5.92 Å². The van der Waals surface area contributed by atoms with Gasteiger partial charge in [-0.3, -0.25) is 9.59 Å². The van der Waals surface area contributed by atoms with Crippen molar-refractivity contribution < 1.29 is 19.1 Å². The quantitative estimate of drug-likeness (QED) is 0.817. The number of hydrogen-bond acceptors (Lipinski definition) is 3. The highest BCUT2D eigenvalue weighted by Crippen LogP contribution is 2.21. The highest BCUT2D eigenvalue weighted by Gasteiger charge is 2.29. The monoisotopic (exact) mass is 308 g/mol. The van der Waals surface area contributed by atoms with Gasteiger partial charge in [0, 0.05) is 13.1 Å². The van der Waals surface area contributed by atoms with Gasteiger partial charge in [-0.1, -0.05) is 6.07 Å². The molecule has 0 spiro atoms. The van der Waals surface area contributed by atoms with Crippen LogP contribution in [0, 0.1) is 18.7 Å². The molecule has 1 aliphatic heterocycles. The smallest absolute Gasteiger partial charge is 0.313 e. The Hall–Kier alpha value is -1.95. The molecular formula is C16H21FN2O3. The Morgan fingerprint density at radius 2 is 2.00 bits per heavy atom. The summed E-state index contributed by atoms with van der Waals surface area (Å²) < 4.78 is 13.7. The van der Waals surface area contributed by atoms with Crippen LogP contribution in [-0.4, -0.2) is 41.0 Å². The van der Waals surface area contributed by atoms with Crippen molar-refractivity contribution in [1.29, 1.82) is 0 Å². The van der Waals surface area contributed by atoms with Gasteiger partial charge in [-0.25, -0.2) is 4.39 Å². The molecule has 120 valence electrons. The number of nitrogens with zero attached hydrogens (tertiary/aromatic N) is 1. The molecule has 0 bridgehead atoms. The average molecular weight is 308 g/mol. The first-order chi connectivity index (χ1) is 10.4. The number of likely N-dealkylation sites (tertiary alicyclic amines) is 1. The standard InChI is InChI=1S/C16H21FN2O3/c1-10-3-4-14(13(17)9-10)18-15(21)16(22)19-7-5-12(6-8-19)11(2)20/h3-4,9,11-12,20H,5-8H2,1-2H3,(H,18,21). The van der Waals surface area contributed by atoms with Crippen molar-refractivity contribution in [2.45, 2.75) is 32.8 Å². The molecule has 1 fully saturated rings. The second-order valence-corrected chi connectivity index (χ2v) is 5.81. The van der Waals surface area contributed by atoms with Crippen molar-refractivity contribution in [3.05, 3.63) is 29.6 Å². The number of hydrogen-bond donors (Lipinski definition) is 2. The number of rotatable bonds is 2. The zero-order chi connectivity index (χ0) is 16.3. The normalized spacial score (nSPS) is 17.2. The van der Waals surface area contributed by atoms with E-state index >= 15 is 0 Å². The molecule has 1 unspecified atom stereocenters. The molecule has 0 radical (unpaired) electrons. The minimum Gasteiger partial charge on any atom is -0.393 e. The van der Waals surface area contributed by atoms with Crippen LogP contribution in [0.15, 0.2) is 18.2 Å². The number of aliphatic hydroxyl groups excluding tert-OH is 1. The molecule has 1 aromatic carbocycles. The highest BCUT2D eigenvalue weighted by molar-refractivity contribution is 6.39. The van der Waals surface area contributed by atoms with Crippen molar-refractivity contribution in [2.75, 3.05) is 18.4 Å². The van der Waals surface area contributed by atoms with Crippen molar-refractivity contribution in [3.63, 3.8) is 0 Å². The Morgan fingerprint density at radius 3 is 2.55 bits per heavy atom. The van der Waals surface area contributed by atoms with Gasteiger partial charge < -0.3 is 15.3 Å². The van der Waals surface area contributed by atoms with Crippen LogP contribution in [0.1, 0.15) is 25.3 Å². The molecule has 0 aliphatic carbocycles. The van der Waals surface area contributed by atoms with E-state index in [2.05, 4.69) is 5.32 Å². The number of aryl methyl sites for hydroxylation is 1. The van der Waals surface area contributed by atoms with Crippen LogP contribution in [0.4, 0.5) is 10.1 Å². The molecule has 6 heteroatoms. The molecule has 1 saturated heterocycles. The third kappa shape index (κ3) is 3.82. The Balaban J connectivity index is 1.94. The third-order valence-corrected chi connectivity index (χ3v) is 4.08. The van der Waals surface area contributed by atoms with Crippen LogP contribution >= 0.6 is 0 Å². The number of aliphatic hydroxyl groups is 1. The summed E-state index contributed by atoms with van der Waals surface area (Å²) in [4.78, 5) is 25.5. The molecule has 1 aliphatic rings. The first-order valence-electron chi connectivity index (χ1n) is 7.43. The first kappa shape index (κ1) is 16.4. The lowest BCUT2D eigenvalue weighted by Crippen LogP contribution is -2.45. The van der Waals surface area contributed by atoms with Crippen LogP contribution in [0.5, 0.6) is 0 Å². The second-order valence-electron chi connectivity index (χ2n) is 5.81. The Kier molecular flexibility index (Phi) is 5.13. The van der Waals surface area contributed by atoms with E-state index in [0.29, 0.717) is 25.9 Å². The number of nitrogens with one attached hydrogen (secondary N) is 1. The molecule has 2 rings (SSSR count). The van der Waals surface area contributed by atoms with Crippen LogP contribution in [-0.2, 0) is 9.59 Å². The van der Waals surface area contributed by atoms with E-state index in [0.717, 1.165) is 5.56 Å². The maximum atomic E-state index is 13.7. The molecule has 0 aromatic heterocycles. The Labute approximate surface area is 129 Å². The molecular weight excluding hydrogens is 287 g/mol. The molecule has 1 aromatic rings. The van der Waals surface area contributed by atoms with E-state index in [1.165, 1.54) is 17.0 Å². The van der Waals surface area contributed by atoms with Gasteiger partial charge in [-0.15, -0.1) is 0 Å². The zero-order valence-corrected chi connectivity index (χ0v) is 12.8. The van der Waals surface area contributed by atoms with Crippen LogP contribution < -0.4 is 5.32 Å². The predicted octanol–water partition coefficient (Wildman–Crippen LogP) is 1.69. The van der Waals surface area contributed by atoms with E-state index in [1.807, 2.05) is 0 Å². The fourth-order valence-corrected chi connectivity index (χ4v) is 2.63. The Bertz CT molecular complexity index is 567. The lowest BCUT2D eigenvalue weighted by Gasteiger charge is -2.32. The number of anilines is 1. The van der Waals surface area contributed by atoms with Gasteiger partial charge in [0.05, 0.1) is 11.8 Å². The first-order valence-corrected chi connectivity index (χ1v) is 7.43. The fraction of sp³-hybridized carbons (Fsp3) is 0.500. The molecule has 5 nitrogen and oxygen atoms in total. The Morgan fingerprint density at radius 1 is 1.36 bits per heavy atom. The van der Waals surface area contributed by atoms with Crippen LogP contribution in [0.2, 0.25) is 0 Å². The fourth-order valence-electron chi connectivity index (χ4n) is 2.63. The summed E-state index contributed by atoms with van der Waals surface area (Å²) in [5.74, 6) is -1.90. The summed E-state index contributed by atoms with van der Waals surface area (Å²) in [6, 6.07) is 4.40. The SMILES string of the molecule is Cc1ccc(NC(=O)C(=O)N2CCC(C(C)O)CC2)c(F)c1. The van der Waals surface area contributed by atoms with E-state index in [-0.39, 0.29) is 11.6 Å². The predicted molar refractivity (Wildman–Crippen MR) is 80.8 cm³/mol. The third-order valence-electron chi connectivity index (χ3n) is 4.08. The largest absolute Gasteiger partial charge is 0.393 e. The molecule has 2 N–H and O–H groups in total. The lowest BCUT2D eigenvalue weighted by atomic mass is 9.92. The summed E-state index contributed by atoms with van der Waals surface area (Å²) in [5, 5.41) is 11.8. The number of benzene rings is 1. The minimum absolute atomic E-state index is 0.00261. The van der Waals surface area contributed by atoms with E-state index in [1.54, 1.807) is 19.9 Å². The molecule has 2 amide bonds. The molecule has 0 saturated carbocycles. The van der Waals surface area contributed by atoms with Gasteiger partial charge >= 0.3 is 11.8 Å². The van der Waals surface area contributed by atoms with Crippen LogP contribution in [0.3, 0.4) is 0 Å². The second kappa shape index (κ2) is 6.87. The summed E-state index contributed by atoms with van der Waals surface area (Å²) in [6.45, 7) is 4.33. The number of carbonyl (C=O) groups is 2. The molecule has 1 heterocycles. The maximum Gasteiger partial charge on any atom is 0.313 e. The van der Waals surface area contributed by atoms with Gasteiger partial charge in [0.15, 0.2) is 0 Å². The van der Waals surface area contributed by atoms with Crippen molar-refractivity contribution in [3.8, 4) is 0 Å². The number of halogens is 1. The van der Waals surface area contributed by atoms with Crippen LogP contribution in [0.25, 0.3) is 0 Å². The lowest BCUT2D eigenvalue weighted by molar-refractivity contribution is -0.144. The zero-order valence-electron chi connectivity index (χ0n) is 12.8. The van der Waals surface area contributed by atoms with E-state index < -0.39 is 23.7 Å². The summed E-state index contributed by atoms with van der Waals surface area (Å²) in [5.41, 5.74) is 0.741. The average Bonchev–Trinajstić information content (AvgIpc) is 2.49. The van der Waals surface area contributed by atoms with Gasteiger partial charge in [-0.2, -0.15) is 0 Å². The van der Waals surface area contributed by atoms with E-state index in [9.17, 15) is 19.1 Å². The van der Waals surface area contributed by atoms with Gasteiger partial charge in [0.1, 0.15) is 5.82 Å². The number of carbonyl (C=O) groups excluding carboxylic acids is 2. The van der Waals surface area contributed by atoms with Gasteiger partial charge in [-0.05, 0) is 50.3 Å². The highest BCUT2D eigenvalue weighted by atomic mass is 19.1. The summed E-state index contributed by atoms with van der Waals surface area (Å²) in [7, 11) is 0. The summed E-state index contributed by atoms with van der Waals surface area (Å²) in [6.07, 6.45) is 0.915. The van der Waals surface area contributed by atoms with E-state index in [4.69, 9.17) is 0 Å². The van der Waals surface area contributed by atoms with Crippen molar-refractivity contribution in [1.82, 2.24) is 4.90 Å². The van der Waals surface area contributed by atoms with Gasteiger partial charge in [0.2, 0.25) is 0 Å². The minimum atomic E-state index is -0.835. The number of amides is 2. The van der Waals surface area contributed by atoms with Gasteiger partial charge in [0.25, 0.3) is 0 Å². The topological polar surface area (TPSA) is 69.6 Å². The maximum absolute atomic E-state index is 13.7. The molecule has 22 heavy (non-hydrogen) atoms. The molecule has 1 atom stereocenters. The number of piperidine rings is 1. The van der Waals surface area contributed by atoms with Crippen molar-refractivity contribution >= 4 is 17.5 Å².